The second-order valence-corrected chi connectivity index (χ2v) is 2.79. The average Bonchev–Trinajstić information content (AvgIpc) is 2.01. The lowest BCUT2D eigenvalue weighted by Gasteiger charge is -2.04. The van der Waals surface area contributed by atoms with Gasteiger partial charge in [-0.15, -0.1) is 0 Å². The highest BCUT2D eigenvalue weighted by atomic mass is 35.5. The molecule has 1 rings (SSSR count). The predicted octanol–water partition coefficient (Wildman–Crippen LogP) is 1.92. The number of nitrogens with one attached hydrogen (secondary N) is 1. The number of benzene rings is 1. The van der Waals surface area contributed by atoms with E-state index in [0.29, 0.717) is 22.7 Å². The fourth-order valence-corrected chi connectivity index (χ4v) is 1.11. The molecule has 0 atom stereocenters. The van der Waals surface area contributed by atoms with Crippen LogP contribution in [0.25, 0.3) is 0 Å². The molecule has 2 N–H and O–H groups in total. The van der Waals surface area contributed by atoms with E-state index in [0.717, 1.165) is 0 Å². The highest BCUT2D eigenvalue weighted by Crippen LogP contribution is 2.28. The summed E-state index contributed by atoms with van der Waals surface area (Å²) < 4.78 is 0. The van der Waals surface area contributed by atoms with E-state index in [1.807, 2.05) is 0 Å². The number of anilines is 1. The molecule has 1 amide bonds. The molecule has 4 heteroatoms. The molecule has 0 heterocycles. The third kappa shape index (κ3) is 1.68. The second-order valence-electron chi connectivity index (χ2n) is 2.38. The minimum atomic E-state index is 0.115. The number of rotatable bonds is 2. The maximum atomic E-state index is 10.1. The highest BCUT2D eigenvalue weighted by molar-refractivity contribution is 6.33. The molecule has 0 spiro atoms. The number of carbonyl (C=O) groups is 1. The molecule has 0 unspecified atom stereocenters. The van der Waals surface area contributed by atoms with Crippen molar-refractivity contribution in [2.45, 2.75) is 6.92 Å². The van der Waals surface area contributed by atoms with Crippen LogP contribution in [-0.2, 0) is 4.79 Å². The van der Waals surface area contributed by atoms with E-state index in [-0.39, 0.29) is 5.75 Å². The maximum Gasteiger partial charge on any atom is 0.211 e. The van der Waals surface area contributed by atoms with Gasteiger partial charge < -0.3 is 10.4 Å². The van der Waals surface area contributed by atoms with E-state index in [1.54, 1.807) is 13.0 Å². The number of hydrogen-bond donors (Lipinski definition) is 2. The van der Waals surface area contributed by atoms with Gasteiger partial charge >= 0.3 is 0 Å². The van der Waals surface area contributed by atoms with Crippen LogP contribution in [0, 0.1) is 6.92 Å². The first-order valence-corrected chi connectivity index (χ1v) is 3.72. The Morgan fingerprint density at radius 3 is 2.83 bits per heavy atom. The molecule has 3 nitrogen and oxygen atoms in total. The standard InChI is InChI=1S/C8H8ClNO2/c1-5-2-6(9)7(10-4-11)3-8(5)12/h2-4,12H,1H3,(H,10,11). The number of halogens is 1. The number of carbonyl (C=O) groups excluding carboxylic acids is 1. The van der Waals surface area contributed by atoms with E-state index in [2.05, 4.69) is 5.32 Å². The Labute approximate surface area is 75.0 Å². The predicted molar refractivity (Wildman–Crippen MR) is 47.5 cm³/mol. The van der Waals surface area contributed by atoms with Crippen molar-refractivity contribution in [2.75, 3.05) is 5.32 Å². The number of aromatic hydroxyl groups is 1. The molecule has 0 aliphatic carbocycles. The molecule has 0 saturated heterocycles. The van der Waals surface area contributed by atoms with Crippen LogP contribution in [0.15, 0.2) is 12.1 Å². The number of phenolic OH excluding ortho intramolecular Hbond substituents is 1. The molecule has 0 fully saturated rings. The normalized spacial score (nSPS) is 9.50. The lowest BCUT2D eigenvalue weighted by molar-refractivity contribution is -0.105. The fourth-order valence-electron chi connectivity index (χ4n) is 0.835. The van der Waals surface area contributed by atoms with Gasteiger partial charge in [0.2, 0.25) is 6.41 Å². The summed E-state index contributed by atoms with van der Waals surface area (Å²) in [5.74, 6) is 0.115. The first-order valence-electron chi connectivity index (χ1n) is 3.34. The minimum Gasteiger partial charge on any atom is -0.508 e. The van der Waals surface area contributed by atoms with Gasteiger partial charge in [0.05, 0.1) is 10.7 Å². The Hall–Kier alpha value is -1.22. The smallest absolute Gasteiger partial charge is 0.211 e. The molecule has 0 saturated carbocycles. The van der Waals surface area contributed by atoms with Crippen LogP contribution >= 0.6 is 11.6 Å². The molecule has 0 aromatic heterocycles. The van der Waals surface area contributed by atoms with Crippen LogP contribution in [0.5, 0.6) is 5.75 Å². The van der Waals surface area contributed by atoms with Gasteiger partial charge in [-0.1, -0.05) is 11.6 Å². The molecule has 0 radical (unpaired) electrons. The van der Waals surface area contributed by atoms with Crippen LogP contribution in [0.2, 0.25) is 5.02 Å². The van der Waals surface area contributed by atoms with Crippen molar-refractivity contribution in [1.29, 1.82) is 0 Å². The molecule has 1 aromatic carbocycles. The van der Waals surface area contributed by atoms with Crippen molar-refractivity contribution in [2.24, 2.45) is 0 Å². The van der Waals surface area contributed by atoms with Crippen molar-refractivity contribution < 1.29 is 9.90 Å². The maximum absolute atomic E-state index is 10.1. The molecule has 0 aliphatic heterocycles. The van der Waals surface area contributed by atoms with Gasteiger partial charge in [-0.3, -0.25) is 4.79 Å². The van der Waals surface area contributed by atoms with Crippen molar-refractivity contribution in [1.82, 2.24) is 0 Å². The second kappa shape index (κ2) is 3.45. The fraction of sp³-hybridized carbons (Fsp3) is 0.125. The summed E-state index contributed by atoms with van der Waals surface area (Å²) >= 11 is 5.75. The van der Waals surface area contributed by atoms with E-state index >= 15 is 0 Å². The molecular formula is C8H8ClNO2. The van der Waals surface area contributed by atoms with Gasteiger partial charge in [0.25, 0.3) is 0 Å². The van der Waals surface area contributed by atoms with Crippen molar-refractivity contribution in [3.8, 4) is 5.75 Å². The molecular weight excluding hydrogens is 178 g/mol. The summed E-state index contributed by atoms with van der Waals surface area (Å²) in [5.41, 5.74) is 1.09. The van der Waals surface area contributed by atoms with Gasteiger partial charge in [0.15, 0.2) is 0 Å². The Bertz CT molecular complexity index is 312. The minimum absolute atomic E-state index is 0.115. The summed E-state index contributed by atoms with van der Waals surface area (Å²) in [7, 11) is 0. The quantitative estimate of drug-likeness (QED) is 0.692. The zero-order chi connectivity index (χ0) is 9.14. The van der Waals surface area contributed by atoms with Gasteiger partial charge in [-0.2, -0.15) is 0 Å². The van der Waals surface area contributed by atoms with E-state index in [1.165, 1.54) is 6.07 Å². The topological polar surface area (TPSA) is 49.3 Å². The molecule has 0 bridgehead atoms. The number of hydrogen-bond acceptors (Lipinski definition) is 2. The monoisotopic (exact) mass is 185 g/mol. The summed E-state index contributed by atoms with van der Waals surface area (Å²) in [6.07, 6.45) is 0.510. The number of phenols is 1. The summed E-state index contributed by atoms with van der Waals surface area (Å²) in [6.45, 7) is 1.73. The molecule has 64 valence electrons. The summed E-state index contributed by atoms with van der Waals surface area (Å²) in [5, 5.41) is 12.0. The van der Waals surface area contributed by atoms with E-state index in [4.69, 9.17) is 11.6 Å². The number of amides is 1. The largest absolute Gasteiger partial charge is 0.508 e. The van der Waals surface area contributed by atoms with Crippen LogP contribution in [0.1, 0.15) is 5.56 Å². The van der Waals surface area contributed by atoms with Crippen LogP contribution in [-0.4, -0.2) is 11.5 Å². The Balaban J connectivity index is 3.13. The lowest BCUT2D eigenvalue weighted by atomic mass is 10.2. The first-order chi connectivity index (χ1) is 5.65. The summed E-state index contributed by atoms with van der Waals surface area (Å²) in [4.78, 5) is 10.1. The van der Waals surface area contributed by atoms with Crippen molar-refractivity contribution in [3.63, 3.8) is 0 Å². The average molecular weight is 186 g/mol. The first kappa shape index (κ1) is 8.87. The lowest BCUT2D eigenvalue weighted by Crippen LogP contribution is -1.94. The van der Waals surface area contributed by atoms with Gasteiger partial charge in [0.1, 0.15) is 5.75 Å². The Morgan fingerprint density at radius 2 is 2.25 bits per heavy atom. The number of aryl methyl sites for hydroxylation is 1. The molecule has 1 aromatic rings. The van der Waals surface area contributed by atoms with Crippen LogP contribution < -0.4 is 5.32 Å². The molecule has 12 heavy (non-hydrogen) atoms. The van der Waals surface area contributed by atoms with Crippen LogP contribution in [0.4, 0.5) is 5.69 Å². The third-order valence-corrected chi connectivity index (χ3v) is 1.81. The SMILES string of the molecule is Cc1cc(Cl)c(NC=O)cc1O. The third-order valence-electron chi connectivity index (χ3n) is 1.50. The zero-order valence-corrected chi connectivity index (χ0v) is 7.22. The van der Waals surface area contributed by atoms with Crippen molar-refractivity contribution in [3.05, 3.63) is 22.7 Å². The Kier molecular flexibility index (Phi) is 2.55. The zero-order valence-electron chi connectivity index (χ0n) is 6.47. The van der Waals surface area contributed by atoms with E-state index < -0.39 is 0 Å². The Morgan fingerprint density at radius 1 is 1.58 bits per heavy atom. The van der Waals surface area contributed by atoms with Gasteiger partial charge in [-0.25, -0.2) is 0 Å². The summed E-state index contributed by atoms with van der Waals surface area (Å²) in [6, 6.07) is 2.99. The van der Waals surface area contributed by atoms with Gasteiger partial charge in [0, 0.05) is 6.07 Å². The molecule has 0 aliphatic rings. The van der Waals surface area contributed by atoms with Crippen molar-refractivity contribution >= 4 is 23.7 Å². The van der Waals surface area contributed by atoms with Crippen LogP contribution in [0.3, 0.4) is 0 Å². The highest BCUT2D eigenvalue weighted by Gasteiger charge is 2.03. The van der Waals surface area contributed by atoms with E-state index in [9.17, 15) is 9.90 Å². The van der Waals surface area contributed by atoms with Gasteiger partial charge in [-0.05, 0) is 18.6 Å².